The van der Waals surface area contributed by atoms with Gasteiger partial charge >= 0.3 is 0 Å². The monoisotopic (exact) mass is 296 g/mol. The van der Waals surface area contributed by atoms with Gasteiger partial charge in [-0.1, -0.05) is 20.8 Å². The fourth-order valence-corrected chi connectivity index (χ4v) is 1.75. The van der Waals surface area contributed by atoms with E-state index in [1.807, 2.05) is 14.0 Å². The SMILES string of the molecule is CNc1nc(C(C)(C)C)nc(NCCOCCOC)c1C. The molecule has 6 nitrogen and oxygen atoms in total. The second kappa shape index (κ2) is 8.14. The van der Waals surface area contributed by atoms with E-state index in [2.05, 4.69) is 41.4 Å². The van der Waals surface area contributed by atoms with Crippen LogP contribution in [0.5, 0.6) is 0 Å². The van der Waals surface area contributed by atoms with E-state index in [9.17, 15) is 0 Å². The second-order valence-corrected chi connectivity index (χ2v) is 5.90. The average Bonchev–Trinajstić information content (AvgIpc) is 2.43. The van der Waals surface area contributed by atoms with Crippen LogP contribution in [0.25, 0.3) is 0 Å². The molecule has 2 N–H and O–H groups in total. The van der Waals surface area contributed by atoms with Crippen molar-refractivity contribution in [2.24, 2.45) is 0 Å². The van der Waals surface area contributed by atoms with Gasteiger partial charge in [-0.2, -0.15) is 0 Å². The summed E-state index contributed by atoms with van der Waals surface area (Å²) < 4.78 is 10.4. The highest BCUT2D eigenvalue weighted by Crippen LogP contribution is 2.25. The molecule has 0 saturated carbocycles. The first-order chi connectivity index (χ1) is 9.90. The Morgan fingerprint density at radius 1 is 1.05 bits per heavy atom. The van der Waals surface area contributed by atoms with Crippen LogP contribution in [0.4, 0.5) is 11.6 Å². The minimum atomic E-state index is -0.0926. The highest BCUT2D eigenvalue weighted by atomic mass is 16.5. The minimum Gasteiger partial charge on any atom is -0.382 e. The molecule has 0 bridgehead atoms. The first-order valence-corrected chi connectivity index (χ1v) is 7.27. The van der Waals surface area contributed by atoms with Crippen LogP contribution in [0.3, 0.4) is 0 Å². The van der Waals surface area contributed by atoms with Crippen molar-refractivity contribution in [2.45, 2.75) is 33.1 Å². The average molecular weight is 296 g/mol. The van der Waals surface area contributed by atoms with Crippen LogP contribution in [-0.4, -0.2) is 50.5 Å². The van der Waals surface area contributed by atoms with Crippen LogP contribution in [0.15, 0.2) is 0 Å². The van der Waals surface area contributed by atoms with E-state index in [1.165, 1.54) is 0 Å². The highest BCUT2D eigenvalue weighted by molar-refractivity contribution is 5.57. The van der Waals surface area contributed by atoms with Gasteiger partial charge in [0.05, 0.1) is 19.8 Å². The fourth-order valence-electron chi connectivity index (χ4n) is 1.75. The number of rotatable bonds is 8. The van der Waals surface area contributed by atoms with Crippen molar-refractivity contribution in [3.05, 3.63) is 11.4 Å². The molecule has 0 aliphatic heterocycles. The summed E-state index contributed by atoms with van der Waals surface area (Å²) in [4.78, 5) is 9.23. The summed E-state index contributed by atoms with van der Waals surface area (Å²) in [6, 6.07) is 0. The molecule has 0 amide bonds. The third-order valence-electron chi connectivity index (χ3n) is 3.02. The van der Waals surface area contributed by atoms with Crippen LogP contribution >= 0.6 is 0 Å². The predicted octanol–water partition coefficient (Wildman–Crippen LogP) is 2.20. The molecule has 1 aromatic heterocycles. The molecule has 0 saturated heterocycles. The van der Waals surface area contributed by atoms with Crippen molar-refractivity contribution in [2.75, 3.05) is 51.2 Å². The molecule has 0 radical (unpaired) electrons. The smallest absolute Gasteiger partial charge is 0.138 e. The Morgan fingerprint density at radius 3 is 2.29 bits per heavy atom. The van der Waals surface area contributed by atoms with Crippen molar-refractivity contribution in [3.8, 4) is 0 Å². The normalized spacial score (nSPS) is 11.5. The molecule has 21 heavy (non-hydrogen) atoms. The number of aromatic nitrogens is 2. The van der Waals surface area contributed by atoms with Gasteiger partial charge in [-0.15, -0.1) is 0 Å². The van der Waals surface area contributed by atoms with E-state index in [1.54, 1.807) is 7.11 Å². The van der Waals surface area contributed by atoms with Gasteiger partial charge in [0.25, 0.3) is 0 Å². The Balaban J connectivity index is 2.72. The second-order valence-electron chi connectivity index (χ2n) is 5.90. The lowest BCUT2D eigenvalue weighted by Gasteiger charge is -2.20. The summed E-state index contributed by atoms with van der Waals surface area (Å²) in [7, 11) is 3.54. The molecule has 6 heteroatoms. The molecule has 120 valence electrons. The zero-order valence-electron chi connectivity index (χ0n) is 14.0. The Morgan fingerprint density at radius 2 is 1.71 bits per heavy atom. The van der Waals surface area contributed by atoms with Gasteiger partial charge in [-0.25, -0.2) is 9.97 Å². The van der Waals surface area contributed by atoms with E-state index < -0.39 is 0 Å². The minimum absolute atomic E-state index is 0.0926. The number of hydrogen-bond donors (Lipinski definition) is 2. The molecule has 0 aliphatic carbocycles. The molecular weight excluding hydrogens is 268 g/mol. The van der Waals surface area contributed by atoms with Gasteiger partial charge < -0.3 is 20.1 Å². The maximum Gasteiger partial charge on any atom is 0.138 e. The number of hydrogen-bond acceptors (Lipinski definition) is 6. The Hall–Kier alpha value is -1.40. The van der Waals surface area contributed by atoms with Gasteiger partial charge in [0.15, 0.2) is 0 Å². The molecule has 0 atom stereocenters. The lowest BCUT2D eigenvalue weighted by atomic mass is 9.95. The summed E-state index contributed by atoms with van der Waals surface area (Å²) in [5, 5.41) is 6.45. The summed E-state index contributed by atoms with van der Waals surface area (Å²) in [6.45, 7) is 10.9. The molecule has 1 heterocycles. The van der Waals surface area contributed by atoms with Crippen LogP contribution in [0, 0.1) is 6.92 Å². The number of anilines is 2. The molecule has 0 aliphatic rings. The topological polar surface area (TPSA) is 68.3 Å². The number of nitrogens with zero attached hydrogens (tertiary/aromatic N) is 2. The first-order valence-electron chi connectivity index (χ1n) is 7.27. The summed E-state index contributed by atoms with van der Waals surface area (Å²) in [6.07, 6.45) is 0. The number of ether oxygens (including phenoxy) is 2. The molecule has 0 aromatic carbocycles. The third kappa shape index (κ3) is 5.47. The predicted molar refractivity (Wildman–Crippen MR) is 86.2 cm³/mol. The standard InChI is InChI=1S/C15H28N4O2/c1-11-12(16-5)18-14(15(2,3)4)19-13(11)17-7-8-21-10-9-20-6/h7-10H2,1-6H3,(H2,16,17,18,19). The lowest BCUT2D eigenvalue weighted by molar-refractivity contribution is 0.0759. The van der Waals surface area contributed by atoms with Crippen molar-refractivity contribution in [1.29, 1.82) is 0 Å². The molecule has 0 fully saturated rings. The van der Waals surface area contributed by atoms with Gasteiger partial charge in [-0.05, 0) is 6.92 Å². The summed E-state index contributed by atoms with van der Waals surface area (Å²) >= 11 is 0. The lowest BCUT2D eigenvalue weighted by Crippen LogP contribution is -2.20. The summed E-state index contributed by atoms with van der Waals surface area (Å²) in [5.74, 6) is 2.53. The highest BCUT2D eigenvalue weighted by Gasteiger charge is 2.20. The van der Waals surface area contributed by atoms with Crippen molar-refractivity contribution in [3.63, 3.8) is 0 Å². The van der Waals surface area contributed by atoms with E-state index in [-0.39, 0.29) is 5.41 Å². The zero-order valence-corrected chi connectivity index (χ0v) is 14.0. The number of methoxy groups -OCH3 is 1. The van der Waals surface area contributed by atoms with Gasteiger partial charge in [0.2, 0.25) is 0 Å². The van der Waals surface area contributed by atoms with Gasteiger partial charge in [0.1, 0.15) is 17.5 Å². The van der Waals surface area contributed by atoms with Gasteiger partial charge in [0, 0.05) is 31.7 Å². The zero-order chi connectivity index (χ0) is 15.9. The summed E-state index contributed by atoms with van der Waals surface area (Å²) in [5.41, 5.74) is 0.924. The van der Waals surface area contributed by atoms with Crippen molar-refractivity contribution in [1.82, 2.24) is 9.97 Å². The van der Waals surface area contributed by atoms with Crippen molar-refractivity contribution < 1.29 is 9.47 Å². The molecule has 1 rings (SSSR count). The van der Waals surface area contributed by atoms with E-state index in [4.69, 9.17) is 9.47 Å². The van der Waals surface area contributed by atoms with Gasteiger partial charge in [-0.3, -0.25) is 0 Å². The van der Waals surface area contributed by atoms with E-state index >= 15 is 0 Å². The Bertz CT molecular complexity index is 444. The number of nitrogens with one attached hydrogen (secondary N) is 2. The van der Waals surface area contributed by atoms with E-state index in [0.29, 0.717) is 26.4 Å². The van der Waals surface area contributed by atoms with Crippen molar-refractivity contribution >= 4 is 11.6 Å². The fraction of sp³-hybridized carbons (Fsp3) is 0.733. The molecule has 0 spiro atoms. The quantitative estimate of drug-likeness (QED) is 0.717. The molecular formula is C15H28N4O2. The maximum atomic E-state index is 5.44. The van der Waals surface area contributed by atoms with Crippen LogP contribution in [0.1, 0.15) is 32.2 Å². The first kappa shape index (κ1) is 17.7. The molecule has 0 unspecified atom stereocenters. The molecule has 1 aromatic rings. The van der Waals surface area contributed by atoms with Crippen LogP contribution < -0.4 is 10.6 Å². The Kier molecular flexibility index (Phi) is 6.84. The van der Waals surface area contributed by atoms with E-state index in [0.717, 1.165) is 23.0 Å². The van der Waals surface area contributed by atoms with Crippen LogP contribution in [-0.2, 0) is 14.9 Å². The third-order valence-corrected chi connectivity index (χ3v) is 3.02. The Labute approximate surface area is 127 Å². The maximum absolute atomic E-state index is 5.44. The largest absolute Gasteiger partial charge is 0.382 e. The van der Waals surface area contributed by atoms with Crippen LogP contribution in [0.2, 0.25) is 0 Å².